The van der Waals surface area contributed by atoms with E-state index < -0.39 is 5.60 Å². The predicted octanol–water partition coefficient (Wildman–Crippen LogP) is 4.75. The van der Waals surface area contributed by atoms with Crippen LogP contribution in [-0.2, 0) is 14.3 Å². The number of hydrogen-bond acceptors (Lipinski definition) is 3. The lowest BCUT2D eigenvalue weighted by Gasteiger charge is -2.23. The lowest BCUT2D eigenvalue weighted by Crippen LogP contribution is -2.34. The van der Waals surface area contributed by atoms with Gasteiger partial charge in [-0.3, -0.25) is 4.79 Å². The van der Waals surface area contributed by atoms with E-state index >= 15 is 0 Å². The molecule has 1 atom stereocenters. The fraction of sp³-hybridized carbons (Fsp3) is 0.824. The molecule has 1 aliphatic rings. The molecule has 0 bridgehead atoms. The highest BCUT2D eigenvalue weighted by Gasteiger charge is 2.45. The van der Waals surface area contributed by atoms with E-state index in [0.717, 1.165) is 57.1 Å². The quantitative estimate of drug-likeness (QED) is 0.542. The molecule has 20 heavy (non-hydrogen) atoms. The Hall–Kier alpha value is -0.990. The molecule has 116 valence electrons. The lowest BCUT2D eigenvalue weighted by molar-refractivity contribution is -0.132. The van der Waals surface area contributed by atoms with E-state index in [4.69, 9.17) is 9.47 Å². The van der Waals surface area contributed by atoms with Crippen LogP contribution >= 0.6 is 0 Å². The van der Waals surface area contributed by atoms with Crippen LogP contribution in [-0.4, -0.2) is 18.0 Å². The fourth-order valence-corrected chi connectivity index (χ4v) is 2.51. The number of allylic oxidation sites excluding steroid dienone is 1. The maximum atomic E-state index is 12.5. The summed E-state index contributed by atoms with van der Waals surface area (Å²) in [5.41, 5.74) is -0.694. The minimum absolute atomic E-state index is 0.0435. The van der Waals surface area contributed by atoms with Crippen LogP contribution < -0.4 is 0 Å². The zero-order chi connectivity index (χ0) is 15.0. The average Bonchev–Trinajstić information content (AvgIpc) is 2.68. The zero-order valence-electron chi connectivity index (χ0n) is 13.6. The molecule has 0 saturated carbocycles. The van der Waals surface area contributed by atoms with E-state index in [1.165, 1.54) is 0 Å². The van der Waals surface area contributed by atoms with Crippen molar-refractivity contribution in [3.05, 3.63) is 11.5 Å². The fourth-order valence-electron chi connectivity index (χ4n) is 2.51. The third-order valence-corrected chi connectivity index (χ3v) is 3.86. The Balaban J connectivity index is 2.60. The number of hydrogen-bond donors (Lipinski definition) is 0. The predicted molar refractivity (Wildman–Crippen MR) is 81.4 cm³/mol. The molecule has 0 spiro atoms. The monoisotopic (exact) mass is 282 g/mol. The van der Waals surface area contributed by atoms with Gasteiger partial charge in [0.15, 0.2) is 5.60 Å². The molecule has 0 aromatic heterocycles. The van der Waals surface area contributed by atoms with Gasteiger partial charge in [-0.1, -0.05) is 46.5 Å². The Labute approximate surface area is 123 Å². The molecule has 0 N–H and O–H groups in total. The van der Waals surface area contributed by atoms with Gasteiger partial charge in [0.1, 0.15) is 5.76 Å². The third-order valence-electron chi connectivity index (χ3n) is 3.86. The van der Waals surface area contributed by atoms with Crippen molar-refractivity contribution in [2.24, 2.45) is 0 Å². The van der Waals surface area contributed by atoms with Crippen LogP contribution in [0.1, 0.15) is 79.1 Å². The van der Waals surface area contributed by atoms with Crippen molar-refractivity contribution >= 4 is 5.78 Å². The van der Waals surface area contributed by atoms with Crippen LogP contribution in [0.15, 0.2) is 11.5 Å². The number of carbonyl (C=O) groups excluding carboxylic acids is 1. The van der Waals surface area contributed by atoms with Crippen LogP contribution in [0.25, 0.3) is 0 Å². The highest BCUT2D eigenvalue weighted by atomic mass is 16.6. The maximum Gasteiger partial charge on any atom is 0.243 e. The molecule has 0 aromatic carbocycles. The van der Waals surface area contributed by atoms with Crippen LogP contribution in [0.2, 0.25) is 0 Å². The van der Waals surface area contributed by atoms with Crippen LogP contribution in [0.4, 0.5) is 0 Å². The Bertz CT molecular complexity index is 346. The van der Waals surface area contributed by atoms with Crippen molar-refractivity contribution < 1.29 is 14.3 Å². The molecule has 0 aromatic rings. The minimum atomic E-state index is -0.694. The molecule has 3 heteroatoms. The van der Waals surface area contributed by atoms with Crippen molar-refractivity contribution in [3.63, 3.8) is 0 Å². The molecule has 1 aliphatic heterocycles. The van der Waals surface area contributed by atoms with Gasteiger partial charge in [0.25, 0.3) is 0 Å². The second-order valence-corrected chi connectivity index (χ2v) is 5.78. The van der Waals surface area contributed by atoms with E-state index in [1.807, 2.05) is 13.8 Å². The lowest BCUT2D eigenvalue weighted by atomic mass is 9.94. The minimum Gasteiger partial charge on any atom is -0.487 e. The molecule has 0 fully saturated rings. The molecule has 1 rings (SSSR count). The summed E-state index contributed by atoms with van der Waals surface area (Å²) in [6.07, 6.45) is 8.11. The van der Waals surface area contributed by atoms with Gasteiger partial charge in [0, 0.05) is 6.42 Å². The van der Waals surface area contributed by atoms with Crippen LogP contribution in [0, 0.1) is 0 Å². The number of ketones is 1. The van der Waals surface area contributed by atoms with Gasteiger partial charge >= 0.3 is 0 Å². The topological polar surface area (TPSA) is 35.5 Å². The highest BCUT2D eigenvalue weighted by Crippen LogP contribution is 2.36. The van der Waals surface area contributed by atoms with Crippen LogP contribution in [0.5, 0.6) is 0 Å². The highest BCUT2D eigenvalue weighted by molar-refractivity contribution is 6.02. The first-order valence-electron chi connectivity index (χ1n) is 8.18. The van der Waals surface area contributed by atoms with Gasteiger partial charge in [0.2, 0.25) is 11.5 Å². The Morgan fingerprint density at radius 3 is 2.30 bits per heavy atom. The van der Waals surface area contributed by atoms with Crippen molar-refractivity contribution in [1.82, 2.24) is 0 Å². The second-order valence-electron chi connectivity index (χ2n) is 5.78. The largest absolute Gasteiger partial charge is 0.487 e. The SMILES string of the molecule is CCCCCOC1=C(CC)OC(C)(CCCCC)C1=O. The molecule has 1 heterocycles. The summed E-state index contributed by atoms with van der Waals surface area (Å²) >= 11 is 0. The Morgan fingerprint density at radius 2 is 1.70 bits per heavy atom. The van der Waals surface area contributed by atoms with Crippen molar-refractivity contribution in [2.45, 2.75) is 84.7 Å². The van der Waals surface area contributed by atoms with Crippen LogP contribution in [0.3, 0.4) is 0 Å². The molecule has 0 amide bonds. The Morgan fingerprint density at radius 1 is 1.05 bits per heavy atom. The van der Waals surface area contributed by atoms with E-state index in [0.29, 0.717) is 12.4 Å². The smallest absolute Gasteiger partial charge is 0.243 e. The van der Waals surface area contributed by atoms with Gasteiger partial charge in [-0.15, -0.1) is 0 Å². The molecular formula is C17H30O3. The van der Waals surface area contributed by atoms with E-state index in [1.54, 1.807) is 0 Å². The van der Waals surface area contributed by atoms with Gasteiger partial charge in [0.05, 0.1) is 6.61 Å². The van der Waals surface area contributed by atoms with Crippen molar-refractivity contribution in [2.75, 3.05) is 6.61 Å². The second kappa shape index (κ2) is 8.33. The summed E-state index contributed by atoms with van der Waals surface area (Å²) in [7, 11) is 0. The first-order chi connectivity index (χ1) is 9.59. The molecular weight excluding hydrogens is 252 g/mol. The summed E-state index contributed by atoms with van der Waals surface area (Å²) < 4.78 is 11.7. The zero-order valence-corrected chi connectivity index (χ0v) is 13.6. The normalized spacial score (nSPS) is 22.3. The number of rotatable bonds is 10. The number of unbranched alkanes of at least 4 members (excludes halogenated alkanes) is 4. The van der Waals surface area contributed by atoms with E-state index in [-0.39, 0.29) is 5.78 Å². The third kappa shape index (κ3) is 4.26. The number of ether oxygens (including phenoxy) is 2. The number of carbonyl (C=O) groups is 1. The summed E-state index contributed by atoms with van der Waals surface area (Å²) in [6.45, 7) is 8.86. The van der Waals surface area contributed by atoms with Gasteiger partial charge < -0.3 is 9.47 Å². The molecule has 0 saturated heterocycles. The molecule has 0 radical (unpaired) electrons. The summed E-state index contributed by atoms with van der Waals surface area (Å²) in [4.78, 5) is 12.5. The van der Waals surface area contributed by atoms with E-state index in [9.17, 15) is 4.79 Å². The van der Waals surface area contributed by atoms with Gasteiger partial charge in [-0.2, -0.15) is 0 Å². The maximum absolute atomic E-state index is 12.5. The average molecular weight is 282 g/mol. The number of Topliss-reactive ketones (excluding diaryl/α,β-unsaturated/α-hetero) is 1. The summed E-state index contributed by atoms with van der Waals surface area (Å²) in [5, 5.41) is 0. The first-order valence-corrected chi connectivity index (χ1v) is 8.18. The van der Waals surface area contributed by atoms with Gasteiger partial charge in [-0.05, 0) is 26.2 Å². The van der Waals surface area contributed by atoms with Gasteiger partial charge in [-0.25, -0.2) is 0 Å². The first kappa shape index (κ1) is 17.1. The van der Waals surface area contributed by atoms with Crippen molar-refractivity contribution in [3.8, 4) is 0 Å². The molecule has 1 unspecified atom stereocenters. The Kier molecular flexibility index (Phi) is 7.11. The summed E-state index contributed by atoms with van der Waals surface area (Å²) in [6, 6.07) is 0. The van der Waals surface area contributed by atoms with Crippen molar-refractivity contribution in [1.29, 1.82) is 0 Å². The molecule has 0 aliphatic carbocycles. The standard InChI is InChI=1S/C17H30O3/c1-5-8-10-12-17(4)16(18)15(14(7-3)20-17)19-13-11-9-6-2/h5-13H2,1-4H3. The summed E-state index contributed by atoms with van der Waals surface area (Å²) in [5.74, 6) is 1.27. The molecule has 3 nitrogen and oxygen atoms in total. The van der Waals surface area contributed by atoms with E-state index in [2.05, 4.69) is 13.8 Å².